The third-order valence-electron chi connectivity index (χ3n) is 4.71. The number of anilines is 2. The standard InChI is InChI=1S/C23H22N6O2S/c1-14-7-6-8-17(11-14)25-22(31)18-9-4-5-10-19(18)26-21(30)13-32-23-28-27-20-12-15(2)24-16(3)29(20)23/h4-12H,13H2,1-3H3,(H,25,31)(H,26,30). The fourth-order valence-corrected chi connectivity index (χ4v) is 4.11. The number of aryl methyl sites for hydroxylation is 3. The molecule has 4 aromatic rings. The Balaban J connectivity index is 1.45. The molecule has 0 saturated carbocycles. The first-order chi connectivity index (χ1) is 15.4. The Kier molecular flexibility index (Phi) is 6.18. The van der Waals surface area contributed by atoms with Gasteiger partial charge in [-0.15, -0.1) is 10.2 Å². The number of rotatable bonds is 6. The second-order valence-corrected chi connectivity index (χ2v) is 8.27. The Labute approximate surface area is 189 Å². The fourth-order valence-electron chi connectivity index (χ4n) is 3.32. The molecule has 162 valence electrons. The van der Waals surface area contributed by atoms with Crippen LogP contribution in [0.4, 0.5) is 11.4 Å². The van der Waals surface area contributed by atoms with E-state index >= 15 is 0 Å². The second kappa shape index (κ2) is 9.19. The van der Waals surface area contributed by atoms with Crippen LogP contribution in [0.5, 0.6) is 0 Å². The van der Waals surface area contributed by atoms with E-state index in [-0.39, 0.29) is 17.6 Å². The minimum Gasteiger partial charge on any atom is -0.325 e. The zero-order valence-electron chi connectivity index (χ0n) is 17.9. The molecule has 2 aromatic heterocycles. The number of carbonyl (C=O) groups excluding carboxylic acids is 2. The van der Waals surface area contributed by atoms with Crippen LogP contribution in [0.2, 0.25) is 0 Å². The predicted molar refractivity (Wildman–Crippen MR) is 125 cm³/mol. The predicted octanol–water partition coefficient (Wildman–Crippen LogP) is 4.03. The Morgan fingerprint density at radius 3 is 2.59 bits per heavy atom. The number of aromatic nitrogens is 4. The van der Waals surface area contributed by atoms with Gasteiger partial charge in [-0.05, 0) is 50.6 Å². The van der Waals surface area contributed by atoms with Crippen molar-refractivity contribution in [2.24, 2.45) is 0 Å². The molecule has 2 heterocycles. The smallest absolute Gasteiger partial charge is 0.257 e. The molecular formula is C23H22N6O2S. The zero-order valence-corrected chi connectivity index (χ0v) is 18.7. The number of carbonyl (C=O) groups is 2. The van der Waals surface area contributed by atoms with Crippen LogP contribution in [-0.4, -0.2) is 37.1 Å². The normalized spacial score (nSPS) is 10.8. The minimum atomic E-state index is -0.292. The van der Waals surface area contributed by atoms with Crippen molar-refractivity contribution in [1.29, 1.82) is 0 Å². The van der Waals surface area contributed by atoms with Crippen molar-refractivity contribution < 1.29 is 9.59 Å². The summed E-state index contributed by atoms with van der Waals surface area (Å²) in [5.74, 6) is 0.327. The number of hydrogen-bond acceptors (Lipinski definition) is 6. The third kappa shape index (κ3) is 4.78. The van der Waals surface area contributed by atoms with E-state index in [1.807, 2.05) is 55.5 Å². The summed E-state index contributed by atoms with van der Waals surface area (Å²) in [6.45, 7) is 5.73. The van der Waals surface area contributed by atoms with Crippen molar-refractivity contribution in [3.63, 3.8) is 0 Å². The van der Waals surface area contributed by atoms with Crippen LogP contribution < -0.4 is 10.6 Å². The van der Waals surface area contributed by atoms with E-state index in [2.05, 4.69) is 25.8 Å². The van der Waals surface area contributed by atoms with Gasteiger partial charge in [-0.3, -0.25) is 14.0 Å². The summed E-state index contributed by atoms with van der Waals surface area (Å²) in [7, 11) is 0. The van der Waals surface area contributed by atoms with E-state index < -0.39 is 0 Å². The van der Waals surface area contributed by atoms with Crippen LogP contribution in [0.15, 0.2) is 59.8 Å². The Morgan fingerprint density at radius 2 is 1.78 bits per heavy atom. The molecule has 0 atom stereocenters. The van der Waals surface area contributed by atoms with E-state index in [1.165, 1.54) is 11.8 Å². The molecule has 0 aliphatic rings. The highest BCUT2D eigenvalue weighted by molar-refractivity contribution is 7.99. The van der Waals surface area contributed by atoms with Crippen LogP contribution in [0.25, 0.3) is 5.65 Å². The van der Waals surface area contributed by atoms with E-state index in [0.717, 1.165) is 17.1 Å². The molecule has 0 aliphatic carbocycles. The lowest BCUT2D eigenvalue weighted by Crippen LogP contribution is -2.19. The van der Waals surface area contributed by atoms with Gasteiger partial charge < -0.3 is 10.6 Å². The van der Waals surface area contributed by atoms with Gasteiger partial charge in [0.2, 0.25) is 5.91 Å². The van der Waals surface area contributed by atoms with Crippen molar-refractivity contribution in [2.75, 3.05) is 16.4 Å². The molecular weight excluding hydrogens is 424 g/mol. The minimum absolute atomic E-state index is 0.113. The van der Waals surface area contributed by atoms with E-state index in [1.54, 1.807) is 24.3 Å². The molecule has 0 unspecified atom stereocenters. The lowest BCUT2D eigenvalue weighted by Gasteiger charge is -2.12. The number of benzene rings is 2. The lowest BCUT2D eigenvalue weighted by molar-refractivity contribution is -0.113. The Bertz CT molecular complexity index is 1320. The molecule has 4 rings (SSSR count). The number of amides is 2. The molecule has 0 fully saturated rings. The average molecular weight is 447 g/mol. The molecule has 9 heteroatoms. The maximum atomic E-state index is 12.8. The van der Waals surface area contributed by atoms with Gasteiger partial charge >= 0.3 is 0 Å². The van der Waals surface area contributed by atoms with Gasteiger partial charge in [-0.25, -0.2) is 4.98 Å². The number of para-hydroxylation sites is 1. The van der Waals surface area contributed by atoms with Gasteiger partial charge in [0.1, 0.15) is 5.82 Å². The Morgan fingerprint density at radius 1 is 0.969 bits per heavy atom. The molecule has 2 N–H and O–H groups in total. The molecule has 32 heavy (non-hydrogen) atoms. The number of nitrogens with one attached hydrogen (secondary N) is 2. The van der Waals surface area contributed by atoms with Crippen molar-refractivity contribution >= 4 is 40.6 Å². The van der Waals surface area contributed by atoms with Crippen LogP contribution >= 0.6 is 11.8 Å². The summed E-state index contributed by atoms with van der Waals surface area (Å²) >= 11 is 1.26. The van der Waals surface area contributed by atoms with Crippen LogP contribution in [0.3, 0.4) is 0 Å². The fraction of sp³-hybridized carbons (Fsp3) is 0.174. The number of fused-ring (bicyclic) bond motifs is 1. The summed E-state index contributed by atoms with van der Waals surface area (Å²) in [6.07, 6.45) is 0. The molecule has 0 spiro atoms. The van der Waals surface area contributed by atoms with Gasteiger partial charge in [0, 0.05) is 17.4 Å². The zero-order chi connectivity index (χ0) is 22.7. The molecule has 0 bridgehead atoms. The first kappa shape index (κ1) is 21.5. The van der Waals surface area contributed by atoms with E-state index in [9.17, 15) is 9.59 Å². The van der Waals surface area contributed by atoms with Gasteiger partial charge in [-0.1, -0.05) is 36.0 Å². The first-order valence-electron chi connectivity index (χ1n) is 10.00. The number of nitrogens with zero attached hydrogens (tertiary/aromatic N) is 4. The summed E-state index contributed by atoms with van der Waals surface area (Å²) in [4.78, 5) is 29.8. The van der Waals surface area contributed by atoms with E-state index in [0.29, 0.717) is 27.7 Å². The van der Waals surface area contributed by atoms with Crippen molar-refractivity contribution in [2.45, 2.75) is 25.9 Å². The summed E-state index contributed by atoms with van der Waals surface area (Å²) in [5, 5.41) is 14.6. The Hall–Kier alpha value is -3.72. The topological polar surface area (TPSA) is 101 Å². The number of hydrogen-bond donors (Lipinski definition) is 2. The van der Waals surface area contributed by atoms with Crippen molar-refractivity contribution in [1.82, 2.24) is 19.6 Å². The highest BCUT2D eigenvalue weighted by Gasteiger charge is 2.16. The second-order valence-electron chi connectivity index (χ2n) is 7.33. The van der Waals surface area contributed by atoms with E-state index in [4.69, 9.17) is 0 Å². The van der Waals surface area contributed by atoms with Gasteiger partial charge in [0.15, 0.2) is 10.8 Å². The lowest BCUT2D eigenvalue weighted by atomic mass is 10.1. The van der Waals surface area contributed by atoms with Crippen molar-refractivity contribution in [3.8, 4) is 0 Å². The highest BCUT2D eigenvalue weighted by Crippen LogP contribution is 2.21. The van der Waals surface area contributed by atoms with Crippen LogP contribution in [0, 0.1) is 20.8 Å². The summed E-state index contributed by atoms with van der Waals surface area (Å²) < 4.78 is 1.81. The molecule has 2 aromatic carbocycles. The molecule has 2 amide bonds. The largest absolute Gasteiger partial charge is 0.325 e. The molecule has 8 nitrogen and oxygen atoms in total. The average Bonchev–Trinajstić information content (AvgIpc) is 3.15. The van der Waals surface area contributed by atoms with Gasteiger partial charge in [-0.2, -0.15) is 0 Å². The maximum absolute atomic E-state index is 12.8. The summed E-state index contributed by atoms with van der Waals surface area (Å²) in [6, 6.07) is 16.3. The quantitative estimate of drug-likeness (QED) is 0.434. The van der Waals surface area contributed by atoms with Gasteiger partial charge in [0.05, 0.1) is 17.0 Å². The van der Waals surface area contributed by atoms with Crippen molar-refractivity contribution in [3.05, 3.63) is 77.2 Å². The monoisotopic (exact) mass is 446 g/mol. The SMILES string of the molecule is Cc1cccc(NC(=O)c2ccccc2NC(=O)CSc2nnc3cc(C)nc(C)n23)c1. The van der Waals surface area contributed by atoms with Gasteiger partial charge in [0.25, 0.3) is 5.91 Å². The highest BCUT2D eigenvalue weighted by atomic mass is 32.2. The number of thioether (sulfide) groups is 1. The van der Waals surface area contributed by atoms with Crippen LogP contribution in [0.1, 0.15) is 27.4 Å². The summed E-state index contributed by atoms with van der Waals surface area (Å²) in [5.41, 5.74) is 4.12. The molecule has 0 aliphatic heterocycles. The maximum Gasteiger partial charge on any atom is 0.257 e. The molecule has 0 radical (unpaired) electrons. The van der Waals surface area contributed by atoms with Crippen LogP contribution in [-0.2, 0) is 4.79 Å². The first-order valence-corrected chi connectivity index (χ1v) is 11.0. The third-order valence-corrected chi connectivity index (χ3v) is 5.64. The molecule has 0 saturated heterocycles.